The van der Waals surface area contributed by atoms with Gasteiger partial charge in [-0.3, -0.25) is 9.59 Å². The smallest absolute Gasteiger partial charge is 0.278 e. The summed E-state index contributed by atoms with van der Waals surface area (Å²) >= 11 is 0. The average molecular weight is 313 g/mol. The lowest BCUT2D eigenvalue weighted by Crippen LogP contribution is -2.37. The van der Waals surface area contributed by atoms with Gasteiger partial charge < -0.3 is 9.64 Å². The van der Waals surface area contributed by atoms with Crippen molar-refractivity contribution in [2.45, 2.75) is 25.9 Å². The number of hydrogen-bond donors (Lipinski definition) is 0. The van der Waals surface area contributed by atoms with Crippen LogP contribution in [0.5, 0.6) is 0 Å². The van der Waals surface area contributed by atoms with Crippen molar-refractivity contribution in [2.24, 2.45) is 0 Å². The number of amides is 1. The number of rotatable bonds is 4. The van der Waals surface area contributed by atoms with Crippen molar-refractivity contribution in [1.82, 2.24) is 9.78 Å². The third kappa shape index (κ3) is 2.90. The van der Waals surface area contributed by atoms with E-state index in [2.05, 4.69) is 5.10 Å². The minimum Gasteiger partial charge on any atom is -0.383 e. The van der Waals surface area contributed by atoms with E-state index in [1.807, 2.05) is 31.2 Å². The summed E-state index contributed by atoms with van der Waals surface area (Å²) in [5.41, 5.74) is 2.10. The highest BCUT2D eigenvalue weighted by Crippen LogP contribution is 2.32. The summed E-state index contributed by atoms with van der Waals surface area (Å²) in [4.78, 5) is 26.4. The van der Waals surface area contributed by atoms with Crippen LogP contribution in [0, 0.1) is 0 Å². The minimum atomic E-state index is -0.242. The van der Waals surface area contributed by atoms with Crippen molar-refractivity contribution in [1.29, 1.82) is 0 Å². The van der Waals surface area contributed by atoms with E-state index in [0.29, 0.717) is 13.2 Å². The lowest BCUT2D eigenvalue weighted by Gasteiger charge is -2.22. The third-order valence-corrected chi connectivity index (χ3v) is 4.02. The maximum Gasteiger partial charge on any atom is 0.278 e. The van der Waals surface area contributed by atoms with Crippen LogP contribution in [0.3, 0.4) is 0 Å². The van der Waals surface area contributed by atoms with E-state index in [-0.39, 0.29) is 23.2 Å². The summed E-state index contributed by atoms with van der Waals surface area (Å²) in [6, 6.07) is 10.8. The number of carbonyl (C=O) groups excluding carboxylic acids is 1. The molecule has 0 bridgehead atoms. The summed E-state index contributed by atoms with van der Waals surface area (Å²) < 4.78 is 6.24. The second kappa shape index (κ2) is 6.34. The van der Waals surface area contributed by atoms with E-state index in [4.69, 9.17) is 4.74 Å². The van der Waals surface area contributed by atoms with Gasteiger partial charge in [-0.15, -0.1) is 0 Å². The zero-order valence-electron chi connectivity index (χ0n) is 13.2. The Morgan fingerprint density at radius 3 is 2.87 bits per heavy atom. The quantitative estimate of drug-likeness (QED) is 0.857. The van der Waals surface area contributed by atoms with Crippen LogP contribution >= 0.6 is 0 Å². The van der Waals surface area contributed by atoms with Crippen molar-refractivity contribution in [3.8, 4) is 0 Å². The fourth-order valence-corrected chi connectivity index (χ4v) is 2.90. The fraction of sp³-hybridized carbons (Fsp3) is 0.353. The highest BCUT2D eigenvalue weighted by molar-refractivity contribution is 6.06. The minimum absolute atomic E-state index is 0.0704. The third-order valence-electron chi connectivity index (χ3n) is 4.02. The highest BCUT2D eigenvalue weighted by atomic mass is 16.5. The molecular weight excluding hydrogens is 294 g/mol. The van der Waals surface area contributed by atoms with E-state index in [1.54, 1.807) is 12.0 Å². The van der Waals surface area contributed by atoms with Gasteiger partial charge in [0.1, 0.15) is 5.69 Å². The molecule has 2 heterocycles. The number of methoxy groups -OCH3 is 1. The molecule has 1 aliphatic rings. The Hall–Kier alpha value is -2.47. The van der Waals surface area contributed by atoms with Crippen LogP contribution in [0.15, 0.2) is 41.2 Å². The Bertz CT molecular complexity index is 785. The van der Waals surface area contributed by atoms with Gasteiger partial charge in [0, 0.05) is 24.9 Å². The number of carbonyl (C=O) groups is 1. The van der Waals surface area contributed by atoms with E-state index in [0.717, 1.165) is 17.7 Å². The molecule has 0 N–H and O–H groups in total. The van der Waals surface area contributed by atoms with Crippen LogP contribution in [0.25, 0.3) is 0 Å². The highest BCUT2D eigenvalue weighted by Gasteiger charge is 2.32. The summed E-state index contributed by atoms with van der Waals surface area (Å²) in [6.45, 7) is 2.70. The number of aromatic nitrogens is 2. The molecule has 1 atom stereocenters. The van der Waals surface area contributed by atoms with Crippen molar-refractivity contribution in [2.75, 3.05) is 18.6 Å². The fourth-order valence-electron chi connectivity index (χ4n) is 2.90. The van der Waals surface area contributed by atoms with Gasteiger partial charge in [0.2, 0.25) is 0 Å². The summed E-state index contributed by atoms with van der Waals surface area (Å²) in [6.07, 6.45) is 0.825. The molecule has 0 radical (unpaired) electrons. The second-order valence-corrected chi connectivity index (χ2v) is 5.63. The number of ether oxygens (including phenoxy) is 1. The number of para-hydroxylation sites is 1. The summed E-state index contributed by atoms with van der Waals surface area (Å²) in [5.74, 6) is -0.186. The zero-order valence-corrected chi connectivity index (χ0v) is 13.2. The first-order valence-electron chi connectivity index (χ1n) is 7.60. The molecule has 0 saturated carbocycles. The van der Waals surface area contributed by atoms with Gasteiger partial charge in [0.05, 0.1) is 13.2 Å². The number of hydrogen-bond acceptors (Lipinski definition) is 4. The van der Waals surface area contributed by atoms with Crippen molar-refractivity contribution < 1.29 is 9.53 Å². The van der Waals surface area contributed by atoms with Gasteiger partial charge in [0.25, 0.3) is 11.5 Å². The maximum atomic E-state index is 12.9. The molecule has 2 aromatic rings. The van der Waals surface area contributed by atoms with Gasteiger partial charge in [-0.05, 0) is 31.0 Å². The lowest BCUT2D eigenvalue weighted by atomic mass is 10.1. The van der Waals surface area contributed by atoms with Crippen LogP contribution in [0.2, 0.25) is 0 Å². The van der Waals surface area contributed by atoms with E-state index >= 15 is 0 Å². The monoisotopic (exact) mass is 313 g/mol. The normalized spacial score (nSPS) is 16.4. The number of benzene rings is 1. The van der Waals surface area contributed by atoms with Crippen LogP contribution in [0.4, 0.5) is 5.69 Å². The van der Waals surface area contributed by atoms with E-state index < -0.39 is 0 Å². The Balaban J connectivity index is 1.93. The predicted molar refractivity (Wildman–Crippen MR) is 86.8 cm³/mol. The Morgan fingerprint density at radius 2 is 2.09 bits per heavy atom. The largest absolute Gasteiger partial charge is 0.383 e. The molecule has 1 aromatic heterocycles. The Morgan fingerprint density at radius 1 is 1.30 bits per heavy atom. The Labute approximate surface area is 134 Å². The number of nitrogens with zero attached hydrogens (tertiary/aromatic N) is 3. The second-order valence-electron chi connectivity index (χ2n) is 5.63. The van der Waals surface area contributed by atoms with Crippen molar-refractivity contribution in [3.05, 3.63) is 58.0 Å². The maximum absolute atomic E-state index is 12.9. The first-order valence-corrected chi connectivity index (χ1v) is 7.60. The average Bonchev–Trinajstić information content (AvgIpc) is 2.89. The molecule has 1 amide bonds. The number of fused-ring (bicyclic) bond motifs is 1. The topological polar surface area (TPSA) is 64.4 Å². The molecule has 0 saturated heterocycles. The van der Waals surface area contributed by atoms with Gasteiger partial charge >= 0.3 is 0 Å². The molecular formula is C17H19N3O3. The molecule has 23 heavy (non-hydrogen) atoms. The molecule has 1 aliphatic heterocycles. The van der Waals surface area contributed by atoms with Gasteiger partial charge in [0.15, 0.2) is 0 Å². The first-order chi connectivity index (χ1) is 11.1. The molecule has 0 fully saturated rings. The van der Waals surface area contributed by atoms with E-state index in [1.165, 1.54) is 16.8 Å². The summed E-state index contributed by atoms with van der Waals surface area (Å²) in [7, 11) is 1.56. The lowest BCUT2D eigenvalue weighted by molar-refractivity contribution is 0.0973. The van der Waals surface area contributed by atoms with Gasteiger partial charge in [-0.25, -0.2) is 4.68 Å². The van der Waals surface area contributed by atoms with Crippen molar-refractivity contribution >= 4 is 11.6 Å². The zero-order chi connectivity index (χ0) is 16.4. The molecule has 0 aliphatic carbocycles. The summed E-state index contributed by atoms with van der Waals surface area (Å²) in [5, 5.41) is 4.19. The number of anilines is 1. The molecule has 6 nitrogen and oxygen atoms in total. The molecule has 0 unspecified atom stereocenters. The van der Waals surface area contributed by atoms with Crippen LogP contribution in [-0.2, 0) is 17.7 Å². The predicted octanol–water partition coefficient (Wildman–Crippen LogP) is 1.48. The molecule has 6 heteroatoms. The van der Waals surface area contributed by atoms with Gasteiger partial charge in [-0.1, -0.05) is 18.2 Å². The SMILES string of the molecule is COCCn1nc(C(=O)N2c3ccccc3C[C@@H]2C)ccc1=O. The van der Waals surface area contributed by atoms with E-state index in [9.17, 15) is 9.59 Å². The molecule has 0 spiro atoms. The van der Waals surface area contributed by atoms with Crippen molar-refractivity contribution in [3.63, 3.8) is 0 Å². The van der Waals surface area contributed by atoms with Crippen LogP contribution in [0.1, 0.15) is 23.0 Å². The molecule has 3 rings (SSSR count). The standard InChI is InChI=1S/C17H19N3O3/c1-12-11-13-5-3-4-6-15(13)20(12)17(22)14-7-8-16(21)19(18-14)9-10-23-2/h3-8,12H,9-11H2,1-2H3/t12-/m0/s1. The molecule has 120 valence electrons. The molecule has 1 aromatic carbocycles. The van der Waals surface area contributed by atoms with Crippen LogP contribution in [-0.4, -0.2) is 35.4 Å². The van der Waals surface area contributed by atoms with Crippen LogP contribution < -0.4 is 10.5 Å². The first kappa shape index (κ1) is 15.4. The van der Waals surface area contributed by atoms with Gasteiger partial charge in [-0.2, -0.15) is 5.10 Å². The Kier molecular flexibility index (Phi) is 4.25.